The Morgan fingerprint density at radius 1 is 1.22 bits per heavy atom. The molecular formula is C22H28O5. The van der Waals surface area contributed by atoms with Gasteiger partial charge in [0.15, 0.2) is 11.6 Å². The van der Waals surface area contributed by atoms with Crippen LogP contribution in [0.2, 0.25) is 0 Å². The highest BCUT2D eigenvalue weighted by atomic mass is 16.5. The average Bonchev–Trinajstić information content (AvgIpc) is 3.03. The molecule has 0 bridgehead atoms. The Bertz CT molecular complexity index is 750. The van der Waals surface area contributed by atoms with E-state index < -0.39 is 12.0 Å². The van der Waals surface area contributed by atoms with E-state index in [9.17, 15) is 19.5 Å². The van der Waals surface area contributed by atoms with Gasteiger partial charge in [0, 0.05) is 12.3 Å². The van der Waals surface area contributed by atoms with Gasteiger partial charge in [0.25, 0.3) is 0 Å². The minimum atomic E-state index is -0.734. The second kappa shape index (κ2) is 6.40. The maximum absolute atomic E-state index is 13.0. The van der Waals surface area contributed by atoms with E-state index in [1.165, 1.54) is 7.11 Å². The second-order valence-electron chi connectivity index (χ2n) is 8.98. The number of hydrogen-bond acceptors (Lipinski definition) is 5. The number of carbonyl (C=O) groups excluding carboxylic acids is 3. The molecular weight excluding hydrogens is 344 g/mol. The quantitative estimate of drug-likeness (QED) is 0.770. The van der Waals surface area contributed by atoms with Gasteiger partial charge >= 0.3 is 5.97 Å². The van der Waals surface area contributed by atoms with E-state index in [1.54, 1.807) is 6.08 Å². The first-order chi connectivity index (χ1) is 12.9. The van der Waals surface area contributed by atoms with Gasteiger partial charge in [0.2, 0.25) is 0 Å². The molecule has 0 radical (unpaired) electrons. The summed E-state index contributed by atoms with van der Waals surface area (Å²) in [4.78, 5) is 37.3. The Balaban J connectivity index is 1.76. The van der Waals surface area contributed by atoms with Crippen molar-refractivity contribution in [3.8, 4) is 0 Å². The number of carbonyl (C=O) groups is 3. The van der Waals surface area contributed by atoms with Gasteiger partial charge in [0.05, 0.1) is 12.5 Å². The number of aliphatic hydroxyl groups is 1. The molecule has 0 aromatic carbocycles. The van der Waals surface area contributed by atoms with Crippen LogP contribution < -0.4 is 0 Å². The first-order valence-corrected chi connectivity index (χ1v) is 10.0. The number of hydrogen-bond donors (Lipinski definition) is 1. The maximum Gasteiger partial charge on any atom is 0.316 e. The number of Topliss-reactive ketones (excluding diaryl/α,β-unsaturated/α-hetero) is 1. The van der Waals surface area contributed by atoms with Crippen molar-refractivity contribution in [1.29, 1.82) is 0 Å². The van der Waals surface area contributed by atoms with Gasteiger partial charge in [-0.25, -0.2) is 0 Å². The Morgan fingerprint density at radius 2 is 2.00 bits per heavy atom. The molecule has 0 aromatic heterocycles. The Hall–Kier alpha value is -1.75. The number of aliphatic hydroxyl groups excluding tert-OH is 1. The van der Waals surface area contributed by atoms with Gasteiger partial charge in [-0.2, -0.15) is 0 Å². The van der Waals surface area contributed by atoms with Crippen LogP contribution in [0.5, 0.6) is 0 Å². The summed E-state index contributed by atoms with van der Waals surface area (Å²) in [7, 11) is 1.43. The largest absolute Gasteiger partial charge is 0.468 e. The Kier molecular flexibility index (Phi) is 4.41. The molecule has 0 unspecified atom stereocenters. The summed E-state index contributed by atoms with van der Waals surface area (Å²) >= 11 is 0. The molecule has 0 spiro atoms. The van der Waals surface area contributed by atoms with E-state index in [2.05, 4.69) is 13.0 Å². The molecule has 4 aliphatic rings. The first-order valence-electron chi connectivity index (χ1n) is 10.0. The molecule has 5 nitrogen and oxygen atoms in total. The molecule has 0 heterocycles. The number of ketones is 2. The highest BCUT2D eigenvalue weighted by molar-refractivity contribution is 5.96. The number of ether oxygens (including phenoxy) is 1. The molecule has 2 fully saturated rings. The number of fused-ring (bicyclic) bond motifs is 5. The van der Waals surface area contributed by atoms with Crippen LogP contribution in [-0.2, 0) is 19.1 Å². The van der Waals surface area contributed by atoms with E-state index in [0.29, 0.717) is 18.8 Å². The highest BCUT2D eigenvalue weighted by Crippen LogP contribution is 2.65. The summed E-state index contributed by atoms with van der Waals surface area (Å²) in [6, 6.07) is 0. The minimum absolute atomic E-state index is 0.0511. The molecule has 6 atom stereocenters. The van der Waals surface area contributed by atoms with Gasteiger partial charge in [-0.05, 0) is 66.9 Å². The SMILES string of the molecule is COC(=O)[C@@]12CCC(=O)C=C1C=C[C@@H]1[C@@H]2CC[C@]2(C)[C@@H](C(=O)CO)CC[C@@H]12. The van der Waals surface area contributed by atoms with Crippen molar-refractivity contribution in [3.05, 3.63) is 23.8 Å². The molecule has 146 valence electrons. The Morgan fingerprint density at radius 3 is 2.70 bits per heavy atom. The van der Waals surface area contributed by atoms with Crippen LogP contribution in [0.15, 0.2) is 23.8 Å². The summed E-state index contributed by atoms with van der Waals surface area (Å²) in [6.45, 7) is 1.80. The highest BCUT2D eigenvalue weighted by Gasteiger charge is 2.62. The van der Waals surface area contributed by atoms with E-state index in [-0.39, 0.29) is 40.7 Å². The third-order valence-corrected chi connectivity index (χ3v) is 8.16. The maximum atomic E-state index is 13.0. The molecule has 0 aromatic rings. The molecule has 5 heteroatoms. The van der Waals surface area contributed by atoms with Crippen molar-refractivity contribution in [3.63, 3.8) is 0 Å². The lowest BCUT2D eigenvalue weighted by Gasteiger charge is -2.55. The predicted octanol–water partition coefficient (Wildman–Crippen LogP) is 2.63. The molecule has 0 aliphatic heterocycles. The smallest absolute Gasteiger partial charge is 0.316 e. The Labute approximate surface area is 159 Å². The summed E-state index contributed by atoms with van der Waals surface area (Å²) < 4.78 is 5.24. The van der Waals surface area contributed by atoms with Crippen LogP contribution in [0, 0.1) is 34.5 Å². The van der Waals surface area contributed by atoms with Crippen molar-refractivity contribution in [1.82, 2.24) is 0 Å². The van der Waals surface area contributed by atoms with E-state index in [1.807, 2.05) is 6.08 Å². The lowest BCUT2D eigenvalue weighted by molar-refractivity contribution is -0.160. The van der Waals surface area contributed by atoms with Crippen molar-refractivity contribution >= 4 is 17.5 Å². The average molecular weight is 372 g/mol. The van der Waals surface area contributed by atoms with Gasteiger partial charge in [-0.3, -0.25) is 14.4 Å². The third kappa shape index (κ3) is 2.43. The fourth-order valence-electron chi connectivity index (χ4n) is 6.88. The van der Waals surface area contributed by atoms with Gasteiger partial charge < -0.3 is 9.84 Å². The monoisotopic (exact) mass is 372 g/mol. The molecule has 4 aliphatic carbocycles. The summed E-state index contributed by atoms with van der Waals surface area (Å²) in [5.41, 5.74) is -0.0620. The lowest BCUT2D eigenvalue weighted by Crippen LogP contribution is -2.54. The molecule has 4 rings (SSSR count). The van der Waals surface area contributed by atoms with Crippen molar-refractivity contribution in [2.75, 3.05) is 13.7 Å². The zero-order chi connectivity index (χ0) is 19.4. The standard InChI is InChI=1S/C22H28O5/c1-21-9-8-17-15(16(21)5-6-18(21)19(25)12-23)4-3-13-11-14(24)7-10-22(13,17)20(26)27-2/h3-4,11,15-18,23H,5-10,12H2,1-2H3/t15-,16-,17-,18+,21-,22-/m0/s1. The fourth-order valence-corrected chi connectivity index (χ4v) is 6.88. The van der Waals surface area contributed by atoms with E-state index >= 15 is 0 Å². The van der Waals surface area contributed by atoms with Gasteiger partial charge in [-0.1, -0.05) is 19.1 Å². The first kappa shape index (κ1) is 18.6. The van der Waals surface area contributed by atoms with Crippen molar-refractivity contribution in [2.45, 2.75) is 45.4 Å². The third-order valence-electron chi connectivity index (χ3n) is 8.16. The zero-order valence-electron chi connectivity index (χ0n) is 16.1. The lowest BCUT2D eigenvalue weighted by atomic mass is 9.48. The molecule has 27 heavy (non-hydrogen) atoms. The van der Waals surface area contributed by atoms with Crippen LogP contribution in [0.1, 0.15) is 45.4 Å². The normalized spacial score (nSPS) is 42.6. The molecule has 1 N–H and O–H groups in total. The van der Waals surface area contributed by atoms with E-state index in [0.717, 1.165) is 31.3 Å². The number of rotatable bonds is 3. The van der Waals surface area contributed by atoms with Crippen molar-refractivity contribution in [2.24, 2.45) is 34.5 Å². The summed E-state index contributed by atoms with van der Waals surface area (Å²) in [5, 5.41) is 9.39. The molecule has 2 saturated carbocycles. The summed E-state index contributed by atoms with van der Waals surface area (Å²) in [5.74, 6) is 0.312. The van der Waals surface area contributed by atoms with Crippen LogP contribution in [-0.4, -0.2) is 36.4 Å². The summed E-state index contributed by atoms with van der Waals surface area (Å²) in [6.07, 6.45) is 10.1. The van der Waals surface area contributed by atoms with Crippen LogP contribution in [0.3, 0.4) is 0 Å². The van der Waals surface area contributed by atoms with Crippen LogP contribution in [0.4, 0.5) is 0 Å². The van der Waals surface area contributed by atoms with Gasteiger partial charge in [0.1, 0.15) is 6.61 Å². The molecule has 0 saturated heterocycles. The second-order valence-corrected chi connectivity index (χ2v) is 8.98. The number of methoxy groups -OCH3 is 1. The number of allylic oxidation sites excluding steroid dienone is 3. The van der Waals surface area contributed by atoms with Gasteiger partial charge in [-0.15, -0.1) is 0 Å². The van der Waals surface area contributed by atoms with Crippen molar-refractivity contribution < 1.29 is 24.2 Å². The van der Waals surface area contributed by atoms with E-state index in [4.69, 9.17) is 4.74 Å². The minimum Gasteiger partial charge on any atom is -0.468 e. The van der Waals surface area contributed by atoms with Crippen LogP contribution in [0.25, 0.3) is 0 Å². The number of esters is 1. The zero-order valence-corrected chi connectivity index (χ0v) is 16.1. The topological polar surface area (TPSA) is 80.7 Å². The van der Waals surface area contributed by atoms with Crippen LogP contribution >= 0.6 is 0 Å². The molecule has 0 amide bonds. The predicted molar refractivity (Wildman–Crippen MR) is 98.5 cm³/mol. The fraction of sp³-hybridized carbons (Fsp3) is 0.682.